The number of nitrogens with zero attached hydrogens (tertiary/aromatic N) is 3. The molecule has 1 aromatic heterocycles. The molecule has 3 aromatic rings. The van der Waals surface area contributed by atoms with Crippen LogP contribution in [0.25, 0.3) is 5.69 Å². The molecule has 0 saturated heterocycles. The molecular formula is C19H16Cl3FN4OS. The third kappa shape index (κ3) is 5.63. The molecule has 5 nitrogen and oxygen atoms in total. The van der Waals surface area contributed by atoms with Crippen molar-refractivity contribution in [2.24, 2.45) is 0 Å². The molecule has 0 aliphatic rings. The van der Waals surface area contributed by atoms with Gasteiger partial charge in [0.15, 0.2) is 11.0 Å². The number of halogens is 4. The van der Waals surface area contributed by atoms with E-state index >= 15 is 0 Å². The van der Waals surface area contributed by atoms with Crippen LogP contribution < -0.4 is 5.32 Å². The van der Waals surface area contributed by atoms with Gasteiger partial charge in [-0.05, 0) is 42.8 Å². The Kier molecular flexibility index (Phi) is 7.40. The Morgan fingerprint density at radius 1 is 1.21 bits per heavy atom. The van der Waals surface area contributed by atoms with Gasteiger partial charge in [-0.3, -0.25) is 9.36 Å². The summed E-state index contributed by atoms with van der Waals surface area (Å²) in [6.07, 6.45) is 0. The van der Waals surface area contributed by atoms with Crippen molar-refractivity contribution >= 4 is 52.5 Å². The maximum absolute atomic E-state index is 13.1. The molecule has 152 valence electrons. The molecule has 2 aromatic carbocycles. The first-order chi connectivity index (χ1) is 13.8. The molecule has 0 radical (unpaired) electrons. The van der Waals surface area contributed by atoms with Gasteiger partial charge in [0.1, 0.15) is 11.2 Å². The highest BCUT2D eigenvalue weighted by Crippen LogP contribution is 2.30. The summed E-state index contributed by atoms with van der Waals surface area (Å²) in [5.74, 6) is 0.432. The maximum Gasteiger partial charge on any atom is 0.238 e. The summed E-state index contributed by atoms with van der Waals surface area (Å²) in [6.45, 7) is 1.71. The van der Waals surface area contributed by atoms with Gasteiger partial charge >= 0.3 is 0 Å². The molecule has 0 aliphatic heterocycles. The number of amides is 1. The van der Waals surface area contributed by atoms with E-state index in [2.05, 4.69) is 15.5 Å². The molecular weight excluding hydrogens is 458 g/mol. The second-order valence-electron chi connectivity index (χ2n) is 6.08. The van der Waals surface area contributed by atoms with Gasteiger partial charge in [0.25, 0.3) is 0 Å². The second kappa shape index (κ2) is 9.80. The van der Waals surface area contributed by atoms with Crippen LogP contribution in [0.5, 0.6) is 0 Å². The largest absolute Gasteiger partial charge is 0.348 e. The molecule has 0 aliphatic carbocycles. The van der Waals surface area contributed by atoms with Gasteiger partial charge in [-0.25, -0.2) is 4.39 Å². The van der Waals surface area contributed by atoms with Crippen molar-refractivity contribution < 1.29 is 9.18 Å². The smallest absolute Gasteiger partial charge is 0.238 e. The van der Waals surface area contributed by atoms with Crippen LogP contribution in [-0.4, -0.2) is 26.0 Å². The minimum atomic E-state index is -0.669. The van der Waals surface area contributed by atoms with Crippen molar-refractivity contribution in [1.82, 2.24) is 20.1 Å². The number of carbonyl (C=O) groups is 1. The lowest BCUT2D eigenvalue weighted by Crippen LogP contribution is -2.30. The number of carbonyl (C=O) groups excluding carboxylic acids is 1. The van der Waals surface area contributed by atoms with Crippen LogP contribution in [0, 0.1) is 5.82 Å². The lowest BCUT2D eigenvalue weighted by Gasteiger charge is -2.13. The van der Waals surface area contributed by atoms with E-state index in [1.807, 2.05) is 0 Å². The van der Waals surface area contributed by atoms with Crippen LogP contribution in [0.1, 0.15) is 18.3 Å². The third-order valence-electron chi connectivity index (χ3n) is 3.91. The number of alkyl halides is 1. The lowest BCUT2D eigenvalue weighted by molar-refractivity contribution is -0.120. The highest BCUT2D eigenvalue weighted by molar-refractivity contribution is 7.98. The van der Waals surface area contributed by atoms with Crippen molar-refractivity contribution in [2.75, 3.05) is 0 Å². The van der Waals surface area contributed by atoms with E-state index in [9.17, 15) is 9.18 Å². The van der Waals surface area contributed by atoms with Crippen molar-refractivity contribution in [2.45, 2.75) is 29.8 Å². The summed E-state index contributed by atoms with van der Waals surface area (Å²) in [6, 6.07) is 11.3. The van der Waals surface area contributed by atoms with Crippen LogP contribution in [0.4, 0.5) is 4.39 Å². The first-order valence-electron chi connectivity index (χ1n) is 8.54. The number of hydrogen-bond acceptors (Lipinski definition) is 4. The SMILES string of the molecule is CC(Cl)C(=O)NCc1nnc(SCc2ccc(F)cc2)n1-c1ccc(Cl)cc1Cl. The monoisotopic (exact) mass is 472 g/mol. The molecule has 1 N–H and O–H groups in total. The van der Waals surface area contributed by atoms with E-state index in [-0.39, 0.29) is 18.3 Å². The van der Waals surface area contributed by atoms with Gasteiger partial charge in [-0.1, -0.05) is 47.1 Å². The van der Waals surface area contributed by atoms with Gasteiger partial charge < -0.3 is 5.32 Å². The van der Waals surface area contributed by atoms with Gasteiger partial charge in [0, 0.05) is 10.8 Å². The number of aromatic nitrogens is 3. The molecule has 1 unspecified atom stereocenters. The van der Waals surface area contributed by atoms with Crippen LogP contribution in [0.2, 0.25) is 10.0 Å². The zero-order chi connectivity index (χ0) is 21.0. The molecule has 0 saturated carbocycles. The summed E-state index contributed by atoms with van der Waals surface area (Å²) in [4.78, 5) is 11.8. The quantitative estimate of drug-likeness (QED) is 0.376. The normalized spacial score (nSPS) is 12.0. The number of benzene rings is 2. The zero-order valence-corrected chi connectivity index (χ0v) is 18.3. The fraction of sp³-hybridized carbons (Fsp3) is 0.211. The third-order valence-corrected chi connectivity index (χ3v) is 5.65. The summed E-state index contributed by atoms with van der Waals surface area (Å²) >= 11 is 19.6. The molecule has 0 bridgehead atoms. The molecule has 0 spiro atoms. The van der Waals surface area contributed by atoms with Gasteiger partial charge in [0.2, 0.25) is 5.91 Å². The summed E-state index contributed by atoms with van der Waals surface area (Å²) in [5, 5.41) is 12.0. The Balaban J connectivity index is 1.90. The average Bonchev–Trinajstić information content (AvgIpc) is 3.08. The number of hydrogen-bond donors (Lipinski definition) is 1. The highest BCUT2D eigenvalue weighted by Gasteiger charge is 2.18. The fourth-order valence-electron chi connectivity index (χ4n) is 2.45. The Hall–Kier alpha value is -1.80. The Bertz CT molecular complexity index is 1010. The molecule has 1 heterocycles. The predicted molar refractivity (Wildman–Crippen MR) is 115 cm³/mol. The molecule has 29 heavy (non-hydrogen) atoms. The summed E-state index contributed by atoms with van der Waals surface area (Å²) in [5.41, 5.74) is 1.56. The predicted octanol–water partition coefficient (Wildman–Crippen LogP) is 5.25. The number of thioether (sulfide) groups is 1. The van der Waals surface area contributed by atoms with Crippen molar-refractivity contribution in [3.63, 3.8) is 0 Å². The van der Waals surface area contributed by atoms with Gasteiger partial charge in [-0.15, -0.1) is 21.8 Å². The minimum absolute atomic E-state index is 0.124. The van der Waals surface area contributed by atoms with E-state index in [1.54, 1.807) is 41.8 Å². The van der Waals surface area contributed by atoms with E-state index in [0.29, 0.717) is 32.5 Å². The van der Waals surface area contributed by atoms with Crippen LogP contribution in [0.15, 0.2) is 47.6 Å². The van der Waals surface area contributed by atoms with Crippen LogP contribution >= 0.6 is 46.6 Å². The highest BCUT2D eigenvalue weighted by atomic mass is 35.5. The Labute approximate surface area is 186 Å². The Morgan fingerprint density at radius 3 is 2.59 bits per heavy atom. The first kappa shape index (κ1) is 21.9. The molecule has 3 rings (SSSR count). The molecule has 1 amide bonds. The van der Waals surface area contributed by atoms with Gasteiger partial charge in [-0.2, -0.15) is 0 Å². The lowest BCUT2D eigenvalue weighted by atomic mass is 10.2. The van der Waals surface area contributed by atoms with E-state index < -0.39 is 5.38 Å². The van der Waals surface area contributed by atoms with Gasteiger partial charge in [0.05, 0.1) is 17.3 Å². The van der Waals surface area contributed by atoms with E-state index in [0.717, 1.165) is 5.56 Å². The van der Waals surface area contributed by atoms with Crippen molar-refractivity contribution in [1.29, 1.82) is 0 Å². The second-order valence-corrected chi connectivity index (χ2v) is 8.52. The van der Waals surface area contributed by atoms with E-state index in [4.69, 9.17) is 34.8 Å². The van der Waals surface area contributed by atoms with E-state index in [1.165, 1.54) is 23.9 Å². The number of rotatable bonds is 7. The topological polar surface area (TPSA) is 59.8 Å². The minimum Gasteiger partial charge on any atom is -0.348 e. The molecule has 1 atom stereocenters. The molecule has 10 heteroatoms. The van der Waals surface area contributed by atoms with Crippen molar-refractivity contribution in [3.8, 4) is 5.69 Å². The zero-order valence-electron chi connectivity index (χ0n) is 15.2. The standard InChI is InChI=1S/C19H16Cl3FN4OS/c1-11(20)18(28)24-9-17-25-26-19(29-10-12-2-5-14(23)6-3-12)27(17)16-7-4-13(21)8-15(16)22/h2-8,11H,9-10H2,1H3,(H,24,28). The number of nitrogens with one attached hydrogen (secondary N) is 1. The van der Waals surface area contributed by atoms with Crippen LogP contribution in [0.3, 0.4) is 0 Å². The summed E-state index contributed by atoms with van der Waals surface area (Å²) in [7, 11) is 0. The first-order valence-corrected chi connectivity index (χ1v) is 10.7. The molecule has 0 fully saturated rings. The average molecular weight is 474 g/mol. The van der Waals surface area contributed by atoms with Crippen LogP contribution in [-0.2, 0) is 17.1 Å². The van der Waals surface area contributed by atoms with Crippen molar-refractivity contribution in [3.05, 3.63) is 69.7 Å². The maximum atomic E-state index is 13.1. The fourth-order valence-corrected chi connectivity index (χ4v) is 3.94. The summed E-state index contributed by atoms with van der Waals surface area (Å²) < 4.78 is 14.9. The Morgan fingerprint density at radius 2 is 1.93 bits per heavy atom.